The first-order chi connectivity index (χ1) is 11.1. The number of rotatable bonds is 4. The zero-order valence-corrected chi connectivity index (χ0v) is 13.5. The second kappa shape index (κ2) is 6.86. The molecule has 2 N–H and O–H groups in total. The van der Waals surface area contributed by atoms with Gasteiger partial charge in [0.25, 0.3) is 5.91 Å². The van der Waals surface area contributed by atoms with Crippen molar-refractivity contribution in [3.05, 3.63) is 75.9 Å². The number of aromatic amines is 1. The van der Waals surface area contributed by atoms with Crippen molar-refractivity contribution in [3.8, 4) is 11.3 Å². The fourth-order valence-electron chi connectivity index (χ4n) is 2.12. The number of halogens is 2. The average molecular weight is 346 g/mol. The van der Waals surface area contributed by atoms with Crippen LogP contribution in [0.2, 0.25) is 10.0 Å². The van der Waals surface area contributed by atoms with Gasteiger partial charge >= 0.3 is 0 Å². The summed E-state index contributed by atoms with van der Waals surface area (Å²) in [5.41, 5.74) is 2.82. The van der Waals surface area contributed by atoms with Crippen molar-refractivity contribution in [1.82, 2.24) is 15.5 Å². The van der Waals surface area contributed by atoms with Crippen molar-refractivity contribution < 1.29 is 4.79 Å². The molecule has 0 saturated heterocycles. The van der Waals surface area contributed by atoms with E-state index in [0.717, 1.165) is 11.1 Å². The summed E-state index contributed by atoms with van der Waals surface area (Å²) in [6, 6.07) is 16.3. The van der Waals surface area contributed by atoms with Gasteiger partial charge in [-0.15, -0.1) is 0 Å². The normalized spacial score (nSPS) is 10.5. The predicted molar refractivity (Wildman–Crippen MR) is 91.7 cm³/mol. The second-order valence-corrected chi connectivity index (χ2v) is 5.79. The van der Waals surface area contributed by atoms with E-state index in [9.17, 15) is 4.79 Å². The third-order valence-electron chi connectivity index (χ3n) is 3.36. The summed E-state index contributed by atoms with van der Waals surface area (Å²) in [4.78, 5) is 12.2. The Morgan fingerprint density at radius 3 is 2.57 bits per heavy atom. The van der Waals surface area contributed by atoms with Crippen LogP contribution in [0.4, 0.5) is 0 Å². The van der Waals surface area contributed by atoms with Crippen LogP contribution in [0.3, 0.4) is 0 Å². The molecule has 6 heteroatoms. The minimum atomic E-state index is -0.238. The lowest BCUT2D eigenvalue weighted by molar-refractivity contribution is 0.0946. The molecule has 4 nitrogen and oxygen atoms in total. The molecule has 3 aromatic rings. The van der Waals surface area contributed by atoms with Crippen LogP contribution in [0.25, 0.3) is 11.3 Å². The van der Waals surface area contributed by atoms with Crippen LogP contribution in [0.1, 0.15) is 16.1 Å². The first-order valence-electron chi connectivity index (χ1n) is 6.96. The average Bonchev–Trinajstić information content (AvgIpc) is 3.04. The Balaban J connectivity index is 1.69. The minimum Gasteiger partial charge on any atom is -0.347 e. The SMILES string of the molecule is O=C(NCc1ccccc1Cl)c1cc(-c2ccc(Cl)cc2)n[nH]1. The Bertz CT molecular complexity index is 828. The maximum Gasteiger partial charge on any atom is 0.269 e. The third-order valence-corrected chi connectivity index (χ3v) is 3.98. The Morgan fingerprint density at radius 1 is 1.09 bits per heavy atom. The molecule has 3 rings (SSSR count). The molecule has 0 atom stereocenters. The summed E-state index contributed by atoms with van der Waals surface area (Å²) in [5, 5.41) is 11.0. The quantitative estimate of drug-likeness (QED) is 0.739. The minimum absolute atomic E-state index is 0.238. The lowest BCUT2D eigenvalue weighted by Crippen LogP contribution is -2.23. The van der Waals surface area contributed by atoms with Gasteiger partial charge in [-0.25, -0.2) is 0 Å². The molecule has 1 amide bonds. The van der Waals surface area contributed by atoms with Crippen molar-refractivity contribution in [2.24, 2.45) is 0 Å². The maximum atomic E-state index is 12.2. The highest BCUT2D eigenvalue weighted by Crippen LogP contribution is 2.20. The van der Waals surface area contributed by atoms with Gasteiger partial charge in [0.15, 0.2) is 0 Å². The highest BCUT2D eigenvalue weighted by molar-refractivity contribution is 6.31. The van der Waals surface area contributed by atoms with Gasteiger partial charge in [-0.2, -0.15) is 5.10 Å². The van der Waals surface area contributed by atoms with E-state index in [2.05, 4.69) is 15.5 Å². The van der Waals surface area contributed by atoms with Crippen LogP contribution in [-0.2, 0) is 6.54 Å². The molecule has 1 aromatic heterocycles. The molecular formula is C17H13Cl2N3O. The molecule has 1 heterocycles. The topological polar surface area (TPSA) is 57.8 Å². The van der Waals surface area contributed by atoms with E-state index in [1.807, 2.05) is 30.3 Å². The number of benzene rings is 2. The van der Waals surface area contributed by atoms with Gasteiger partial charge in [0, 0.05) is 22.2 Å². The fourth-order valence-corrected chi connectivity index (χ4v) is 2.45. The largest absolute Gasteiger partial charge is 0.347 e. The number of hydrogen-bond acceptors (Lipinski definition) is 2. The van der Waals surface area contributed by atoms with Crippen LogP contribution >= 0.6 is 23.2 Å². The number of aromatic nitrogens is 2. The van der Waals surface area contributed by atoms with Crippen LogP contribution in [-0.4, -0.2) is 16.1 Å². The summed E-state index contributed by atoms with van der Waals surface area (Å²) in [6.45, 7) is 0.355. The van der Waals surface area contributed by atoms with Gasteiger partial charge in [0.1, 0.15) is 5.69 Å². The maximum absolute atomic E-state index is 12.2. The molecule has 0 aliphatic rings. The van der Waals surface area contributed by atoms with Gasteiger partial charge in [0.2, 0.25) is 0 Å². The molecule has 0 saturated carbocycles. The molecule has 116 valence electrons. The van der Waals surface area contributed by atoms with Crippen LogP contribution in [0, 0.1) is 0 Å². The zero-order chi connectivity index (χ0) is 16.2. The van der Waals surface area contributed by atoms with Crippen molar-refractivity contribution in [2.75, 3.05) is 0 Å². The molecule has 0 bridgehead atoms. The van der Waals surface area contributed by atoms with Gasteiger partial charge in [-0.1, -0.05) is 53.5 Å². The van der Waals surface area contributed by atoms with Gasteiger partial charge in [-0.05, 0) is 29.8 Å². The number of nitrogens with one attached hydrogen (secondary N) is 2. The number of hydrogen-bond donors (Lipinski definition) is 2. The summed E-state index contributed by atoms with van der Waals surface area (Å²) in [5.74, 6) is -0.238. The Labute approximate surface area is 143 Å². The van der Waals surface area contributed by atoms with Crippen molar-refractivity contribution in [1.29, 1.82) is 0 Å². The smallest absolute Gasteiger partial charge is 0.269 e. The summed E-state index contributed by atoms with van der Waals surface area (Å²) < 4.78 is 0. The van der Waals surface area contributed by atoms with Crippen molar-refractivity contribution in [2.45, 2.75) is 6.54 Å². The van der Waals surface area contributed by atoms with Crippen molar-refractivity contribution >= 4 is 29.1 Å². The molecule has 0 spiro atoms. The Hall–Kier alpha value is -2.30. The van der Waals surface area contributed by atoms with Crippen LogP contribution in [0.5, 0.6) is 0 Å². The second-order valence-electron chi connectivity index (χ2n) is 4.95. The summed E-state index contributed by atoms with van der Waals surface area (Å²) >= 11 is 11.9. The molecule has 0 radical (unpaired) electrons. The Morgan fingerprint density at radius 2 is 1.83 bits per heavy atom. The zero-order valence-electron chi connectivity index (χ0n) is 12.0. The van der Waals surface area contributed by atoms with Crippen LogP contribution in [0.15, 0.2) is 54.6 Å². The highest BCUT2D eigenvalue weighted by Gasteiger charge is 2.11. The van der Waals surface area contributed by atoms with Gasteiger partial charge in [-0.3, -0.25) is 9.89 Å². The molecule has 0 aliphatic carbocycles. The van der Waals surface area contributed by atoms with E-state index in [1.165, 1.54) is 0 Å². The van der Waals surface area contributed by atoms with E-state index in [4.69, 9.17) is 23.2 Å². The number of H-pyrrole nitrogens is 1. The highest BCUT2D eigenvalue weighted by atomic mass is 35.5. The number of carbonyl (C=O) groups excluding carboxylic acids is 1. The lowest BCUT2D eigenvalue weighted by atomic mass is 10.1. The first-order valence-corrected chi connectivity index (χ1v) is 7.72. The first kappa shape index (κ1) is 15.6. The molecule has 0 fully saturated rings. The summed E-state index contributed by atoms with van der Waals surface area (Å²) in [7, 11) is 0. The number of nitrogens with zero attached hydrogens (tertiary/aromatic N) is 1. The number of carbonyl (C=O) groups is 1. The van der Waals surface area contributed by atoms with E-state index in [1.54, 1.807) is 24.3 Å². The third kappa shape index (κ3) is 3.73. The van der Waals surface area contributed by atoms with Crippen LogP contribution < -0.4 is 5.32 Å². The molecule has 0 aliphatic heterocycles. The predicted octanol–water partition coefficient (Wildman–Crippen LogP) is 4.31. The summed E-state index contributed by atoms with van der Waals surface area (Å²) in [6.07, 6.45) is 0. The standard InChI is InChI=1S/C17H13Cl2N3O/c18-13-7-5-11(6-8-13)15-9-16(22-21-15)17(23)20-10-12-3-1-2-4-14(12)19/h1-9H,10H2,(H,20,23)(H,21,22). The molecule has 2 aromatic carbocycles. The fraction of sp³-hybridized carbons (Fsp3) is 0.0588. The van der Waals surface area contributed by atoms with Crippen molar-refractivity contribution in [3.63, 3.8) is 0 Å². The van der Waals surface area contributed by atoms with E-state index in [-0.39, 0.29) is 5.91 Å². The van der Waals surface area contributed by atoms with E-state index in [0.29, 0.717) is 28.0 Å². The number of amides is 1. The lowest BCUT2D eigenvalue weighted by Gasteiger charge is -2.05. The van der Waals surface area contributed by atoms with E-state index >= 15 is 0 Å². The Kier molecular flexibility index (Phi) is 4.65. The monoisotopic (exact) mass is 345 g/mol. The van der Waals surface area contributed by atoms with E-state index < -0.39 is 0 Å². The molecular weight excluding hydrogens is 333 g/mol. The molecule has 0 unspecified atom stereocenters. The van der Waals surface area contributed by atoms with Gasteiger partial charge < -0.3 is 5.32 Å². The van der Waals surface area contributed by atoms with Gasteiger partial charge in [0.05, 0.1) is 5.69 Å². The molecule has 23 heavy (non-hydrogen) atoms.